The van der Waals surface area contributed by atoms with Crippen molar-refractivity contribution in [2.75, 3.05) is 39.3 Å². The first-order valence-corrected chi connectivity index (χ1v) is 9.16. The van der Waals surface area contributed by atoms with Crippen LogP contribution < -0.4 is 10.1 Å². The Morgan fingerprint density at radius 3 is 2.50 bits per heavy atom. The molecule has 2 rings (SSSR count). The van der Waals surface area contributed by atoms with E-state index >= 15 is 0 Å². The number of nitrogens with zero attached hydrogens (tertiary/aromatic N) is 2. The number of aliphatic carboxylic acids is 1. The maximum absolute atomic E-state index is 11.6. The lowest BCUT2D eigenvalue weighted by atomic mass is 10.2. The van der Waals surface area contributed by atoms with Gasteiger partial charge in [0.2, 0.25) is 5.91 Å². The SMILES string of the molecule is CCNC(=O)CN1CCN(Cc2ccc(OC(C)C(=O)O)c(Cl)c2)CC1. The van der Waals surface area contributed by atoms with E-state index in [2.05, 4.69) is 15.1 Å². The minimum Gasteiger partial charge on any atom is -0.479 e. The summed E-state index contributed by atoms with van der Waals surface area (Å²) in [5, 5.41) is 12.1. The first-order chi connectivity index (χ1) is 12.4. The molecular formula is C18H26ClN3O4. The highest BCUT2D eigenvalue weighted by atomic mass is 35.5. The highest BCUT2D eigenvalue weighted by molar-refractivity contribution is 6.32. The molecule has 26 heavy (non-hydrogen) atoms. The van der Waals surface area contributed by atoms with Gasteiger partial charge in [-0.1, -0.05) is 17.7 Å². The van der Waals surface area contributed by atoms with Crippen molar-refractivity contribution in [1.29, 1.82) is 0 Å². The third-order valence-electron chi connectivity index (χ3n) is 4.26. The largest absolute Gasteiger partial charge is 0.479 e. The molecule has 0 bridgehead atoms. The van der Waals surface area contributed by atoms with E-state index in [-0.39, 0.29) is 5.91 Å². The molecule has 8 heteroatoms. The van der Waals surface area contributed by atoms with E-state index in [9.17, 15) is 9.59 Å². The van der Waals surface area contributed by atoms with Crippen LogP contribution in [-0.2, 0) is 16.1 Å². The van der Waals surface area contributed by atoms with Gasteiger partial charge in [0.05, 0.1) is 11.6 Å². The van der Waals surface area contributed by atoms with Crippen molar-refractivity contribution in [1.82, 2.24) is 15.1 Å². The molecule has 2 N–H and O–H groups in total. The normalized spacial score (nSPS) is 16.9. The van der Waals surface area contributed by atoms with Crippen LogP contribution >= 0.6 is 11.6 Å². The third-order valence-corrected chi connectivity index (χ3v) is 4.56. The van der Waals surface area contributed by atoms with Crippen molar-refractivity contribution in [2.45, 2.75) is 26.5 Å². The van der Waals surface area contributed by atoms with Gasteiger partial charge >= 0.3 is 5.97 Å². The molecule has 1 fully saturated rings. The number of hydrogen-bond acceptors (Lipinski definition) is 5. The molecule has 1 unspecified atom stereocenters. The molecule has 1 aromatic carbocycles. The second-order valence-electron chi connectivity index (χ2n) is 6.37. The molecule has 1 heterocycles. The van der Waals surface area contributed by atoms with E-state index in [4.69, 9.17) is 21.4 Å². The van der Waals surface area contributed by atoms with E-state index in [1.807, 2.05) is 19.1 Å². The van der Waals surface area contributed by atoms with Gasteiger partial charge < -0.3 is 15.2 Å². The average Bonchev–Trinajstić information content (AvgIpc) is 2.59. The topological polar surface area (TPSA) is 82.1 Å². The molecule has 1 atom stereocenters. The lowest BCUT2D eigenvalue weighted by Gasteiger charge is -2.34. The minimum atomic E-state index is -1.03. The summed E-state index contributed by atoms with van der Waals surface area (Å²) in [4.78, 5) is 27.0. The summed E-state index contributed by atoms with van der Waals surface area (Å²) in [7, 11) is 0. The van der Waals surface area contributed by atoms with Crippen LogP contribution in [0.2, 0.25) is 5.02 Å². The molecule has 0 saturated carbocycles. The number of nitrogens with one attached hydrogen (secondary N) is 1. The van der Waals surface area contributed by atoms with Crippen LogP contribution in [0.4, 0.5) is 0 Å². The number of piperazine rings is 1. The van der Waals surface area contributed by atoms with Crippen molar-refractivity contribution in [3.63, 3.8) is 0 Å². The van der Waals surface area contributed by atoms with E-state index in [1.165, 1.54) is 6.92 Å². The Bertz CT molecular complexity index is 633. The second kappa shape index (κ2) is 9.75. The Kier molecular flexibility index (Phi) is 7.68. The van der Waals surface area contributed by atoms with Gasteiger partial charge in [0.25, 0.3) is 0 Å². The van der Waals surface area contributed by atoms with Gasteiger partial charge in [-0.15, -0.1) is 0 Å². The molecule has 1 aromatic rings. The first-order valence-electron chi connectivity index (χ1n) is 8.78. The van der Waals surface area contributed by atoms with Gasteiger partial charge in [0.15, 0.2) is 6.10 Å². The fourth-order valence-electron chi connectivity index (χ4n) is 2.80. The standard InChI is InChI=1S/C18H26ClN3O4/c1-3-20-17(23)12-22-8-6-21(7-9-22)11-14-4-5-16(15(19)10-14)26-13(2)18(24)25/h4-5,10,13H,3,6-9,11-12H2,1-2H3,(H,20,23)(H,24,25). The molecule has 0 spiro atoms. The van der Waals surface area contributed by atoms with Crippen LogP contribution in [0.5, 0.6) is 5.75 Å². The van der Waals surface area contributed by atoms with Crippen LogP contribution in [-0.4, -0.2) is 72.2 Å². The second-order valence-corrected chi connectivity index (χ2v) is 6.78. The number of rotatable bonds is 8. The fraction of sp³-hybridized carbons (Fsp3) is 0.556. The van der Waals surface area contributed by atoms with Crippen LogP contribution in [0.1, 0.15) is 19.4 Å². The van der Waals surface area contributed by atoms with Crippen molar-refractivity contribution in [2.24, 2.45) is 0 Å². The number of likely N-dealkylation sites (N-methyl/N-ethyl adjacent to an activating group) is 1. The number of benzene rings is 1. The third kappa shape index (κ3) is 6.16. The average molecular weight is 384 g/mol. The van der Waals surface area contributed by atoms with E-state index in [1.54, 1.807) is 6.07 Å². The van der Waals surface area contributed by atoms with Crippen molar-refractivity contribution in [3.05, 3.63) is 28.8 Å². The summed E-state index contributed by atoms with van der Waals surface area (Å²) in [6.07, 6.45) is -0.948. The number of carbonyl (C=O) groups is 2. The van der Waals surface area contributed by atoms with E-state index < -0.39 is 12.1 Å². The number of carbonyl (C=O) groups excluding carboxylic acids is 1. The molecule has 1 aliphatic rings. The van der Waals surface area contributed by atoms with Gasteiger partial charge in [-0.2, -0.15) is 0 Å². The van der Waals surface area contributed by atoms with Crippen LogP contribution in [0.25, 0.3) is 0 Å². The number of hydrogen-bond donors (Lipinski definition) is 2. The predicted molar refractivity (Wildman–Crippen MR) is 99.6 cm³/mol. The summed E-state index contributed by atoms with van der Waals surface area (Å²) in [5.41, 5.74) is 1.04. The zero-order valence-corrected chi connectivity index (χ0v) is 16.0. The zero-order valence-electron chi connectivity index (χ0n) is 15.2. The van der Waals surface area contributed by atoms with Gasteiger partial charge in [-0.05, 0) is 31.5 Å². The van der Waals surface area contributed by atoms with Crippen LogP contribution in [0, 0.1) is 0 Å². The lowest BCUT2D eigenvalue weighted by molar-refractivity contribution is -0.144. The molecule has 0 radical (unpaired) electrons. The van der Waals surface area contributed by atoms with Crippen molar-refractivity contribution >= 4 is 23.5 Å². The van der Waals surface area contributed by atoms with Gasteiger partial charge in [0, 0.05) is 39.3 Å². The zero-order chi connectivity index (χ0) is 19.1. The number of amides is 1. The predicted octanol–water partition coefficient (Wildman–Crippen LogP) is 1.45. The molecule has 0 aliphatic carbocycles. The Morgan fingerprint density at radius 2 is 1.92 bits per heavy atom. The molecule has 144 valence electrons. The molecule has 1 amide bonds. The summed E-state index contributed by atoms with van der Waals surface area (Å²) in [5.74, 6) is -0.591. The molecule has 7 nitrogen and oxygen atoms in total. The Balaban J connectivity index is 1.83. The minimum absolute atomic E-state index is 0.0684. The van der Waals surface area contributed by atoms with Crippen LogP contribution in [0.15, 0.2) is 18.2 Å². The maximum Gasteiger partial charge on any atom is 0.344 e. The monoisotopic (exact) mass is 383 g/mol. The number of carboxylic acid groups (broad SMARTS) is 1. The summed E-state index contributed by atoms with van der Waals surface area (Å²) >= 11 is 6.22. The van der Waals surface area contributed by atoms with E-state index in [0.29, 0.717) is 23.9 Å². The fourth-order valence-corrected chi connectivity index (χ4v) is 3.05. The molecule has 1 aliphatic heterocycles. The number of carboxylic acids is 1. The Morgan fingerprint density at radius 1 is 1.27 bits per heavy atom. The number of halogens is 1. The van der Waals surface area contributed by atoms with Crippen molar-refractivity contribution in [3.8, 4) is 5.75 Å². The van der Waals surface area contributed by atoms with Gasteiger partial charge in [-0.3, -0.25) is 14.6 Å². The lowest BCUT2D eigenvalue weighted by Crippen LogP contribution is -2.49. The maximum atomic E-state index is 11.6. The smallest absolute Gasteiger partial charge is 0.344 e. The Labute approximate surface area is 158 Å². The van der Waals surface area contributed by atoms with Gasteiger partial charge in [0.1, 0.15) is 5.75 Å². The number of ether oxygens (including phenoxy) is 1. The molecule has 1 saturated heterocycles. The van der Waals surface area contributed by atoms with Crippen LogP contribution in [0.3, 0.4) is 0 Å². The molecular weight excluding hydrogens is 358 g/mol. The first kappa shape index (κ1) is 20.5. The van der Waals surface area contributed by atoms with Gasteiger partial charge in [-0.25, -0.2) is 4.79 Å². The highest BCUT2D eigenvalue weighted by Gasteiger charge is 2.19. The highest BCUT2D eigenvalue weighted by Crippen LogP contribution is 2.27. The summed E-state index contributed by atoms with van der Waals surface area (Å²) in [6, 6.07) is 5.42. The quantitative estimate of drug-likeness (QED) is 0.707. The molecule has 0 aromatic heterocycles. The summed E-state index contributed by atoms with van der Waals surface area (Å²) < 4.78 is 5.33. The van der Waals surface area contributed by atoms with E-state index in [0.717, 1.165) is 38.3 Å². The summed E-state index contributed by atoms with van der Waals surface area (Å²) in [6.45, 7) is 8.70. The Hall–Kier alpha value is -1.83. The van der Waals surface area contributed by atoms with Crippen molar-refractivity contribution < 1.29 is 19.4 Å².